The lowest BCUT2D eigenvalue weighted by atomic mass is 9.89. The topological polar surface area (TPSA) is 53.6 Å². The number of nitrogens with zero attached hydrogens (tertiary/aromatic N) is 2. The number of aliphatic imine (C=N–C) groups is 1. The van der Waals surface area contributed by atoms with Gasteiger partial charge in [-0.1, -0.05) is 24.3 Å². The summed E-state index contributed by atoms with van der Waals surface area (Å²) < 4.78 is 27.3. The predicted octanol–water partition coefficient (Wildman–Crippen LogP) is 3.21. The van der Waals surface area contributed by atoms with Crippen LogP contribution in [0, 0.1) is 11.6 Å². The average Bonchev–Trinajstić information content (AvgIpc) is 2.62. The molecule has 0 amide bonds. The van der Waals surface area contributed by atoms with Crippen LogP contribution >= 0.6 is 0 Å². The van der Waals surface area contributed by atoms with Crippen molar-refractivity contribution in [2.45, 2.75) is 6.04 Å². The third-order valence-corrected chi connectivity index (χ3v) is 4.73. The van der Waals surface area contributed by atoms with Gasteiger partial charge in [-0.05, 0) is 59.7 Å². The molecule has 2 aliphatic rings. The van der Waals surface area contributed by atoms with Crippen LogP contribution in [0.1, 0.15) is 17.2 Å². The monoisotopic (exact) mass is 366 g/mol. The van der Waals surface area contributed by atoms with E-state index in [-0.39, 0.29) is 23.6 Å². The van der Waals surface area contributed by atoms with Crippen LogP contribution in [0.3, 0.4) is 0 Å². The van der Waals surface area contributed by atoms with Gasteiger partial charge in [0.25, 0.3) is 0 Å². The fourth-order valence-electron chi connectivity index (χ4n) is 3.63. The Kier molecular flexibility index (Phi) is 4.49. The van der Waals surface area contributed by atoms with Crippen LogP contribution in [0.5, 0.6) is 0 Å². The van der Waals surface area contributed by atoms with Crippen molar-refractivity contribution < 1.29 is 8.78 Å². The zero-order valence-corrected chi connectivity index (χ0v) is 14.9. The van der Waals surface area contributed by atoms with Crippen LogP contribution in [-0.4, -0.2) is 31.0 Å². The molecule has 2 heterocycles. The summed E-state index contributed by atoms with van der Waals surface area (Å²) in [5.74, 6) is -0.294. The van der Waals surface area contributed by atoms with E-state index in [1.54, 1.807) is 12.1 Å². The first-order valence-corrected chi connectivity index (χ1v) is 8.73. The van der Waals surface area contributed by atoms with Gasteiger partial charge in [0.05, 0.1) is 0 Å². The molecule has 1 atom stereocenters. The number of halogens is 2. The fourth-order valence-corrected chi connectivity index (χ4v) is 3.63. The van der Waals surface area contributed by atoms with Crippen molar-refractivity contribution in [1.29, 1.82) is 0 Å². The summed E-state index contributed by atoms with van der Waals surface area (Å²) >= 11 is 0. The molecule has 0 aliphatic carbocycles. The molecular weight excluding hydrogens is 346 g/mol. The van der Waals surface area contributed by atoms with Gasteiger partial charge in [0.15, 0.2) is 5.96 Å². The highest BCUT2D eigenvalue weighted by Gasteiger charge is 2.31. The lowest BCUT2D eigenvalue weighted by molar-refractivity contribution is 0.368. The van der Waals surface area contributed by atoms with E-state index in [4.69, 9.17) is 5.73 Å². The van der Waals surface area contributed by atoms with Gasteiger partial charge < -0.3 is 11.1 Å². The normalized spacial score (nSPS) is 21.7. The molecule has 0 fully saturated rings. The minimum absolute atomic E-state index is 0.280. The van der Waals surface area contributed by atoms with Crippen LogP contribution in [0.25, 0.3) is 6.08 Å². The molecule has 1 unspecified atom stereocenters. The van der Waals surface area contributed by atoms with E-state index in [0.29, 0.717) is 13.1 Å². The second kappa shape index (κ2) is 6.96. The van der Waals surface area contributed by atoms with E-state index in [0.717, 1.165) is 28.0 Å². The minimum Gasteiger partial charge on any atom is -0.370 e. The Morgan fingerprint density at radius 1 is 1.11 bits per heavy atom. The number of nitrogens with one attached hydrogen (secondary N) is 1. The van der Waals surface area contributed by atoms with E-state index in [1.165, 1.54) is 24.3 Å². The third-order valence-electron chi connectivity index (χ3n) is 4.73. The standard InChI is InChI=1S/C21H20F2N4/c1-27-11-15(8-13-4-2-6-16(22)9-13)20-18(12-27)19(25-21(24)26-20)14-5-3-7-17(23)10-14/h2-10,19H,11-12H2,1H3,(H3,24,25,26)/b15-8+. The van der Waals surface area contributed by atoms with Crippen molar-refractivity contribution in [1.82, 2.24) is 10.2 Å². The quantitative estimate of drug-likeness (QED) is 0.858. The highest BCUT2D eigenvalue weighted by Crippen LogP contribution is 2.36. The molecular formula is C21H20F2N4. The first-order chi connectivity index (χ1) is 13.0. The number of hydrogen-bond acceptors (Lipinski definition) is 4. The first-order valence-electron chi connectivity index (χ1n) is 8.73. The molecule has 0 saturated heterocycles. The molecule has 0 saturated carbocycles. The number of hydrogen-bond donors (Lipinski definition) is 2. The van der Waals surface area contributed by atoms with Gasteiger partial charge in [-0.2, -0.15) is 0 Å². The number of likely N-dealkylation sites (N-methyl/N-ethyl adjacent to an activating group) is 1. The lowest BCUT2D eigenvalue weighted by Gasteiger charge is -2.36. The Labute approximate surface area is 156 Å². The molecule has 0 bridgehead atoms. The van der Waals surface area contributed by atoms with Gasteiger partial charge in [0, 0.05) is 18.8 Å². The molecule has 2 aromatic carbocycles. The van der Waals surface area contributed by atoms with Crippen LogP contribution < -0.4 is 11.1 Å². The molecule has 4 rings (SSSR count). The molecule has 6 heteroatoms. The van der Waals surface area contributed by atoms with Gasteiger partial charge in [0.2, 0.25) is 0 Å². The molecule has 2 aromatic rings. The molecule has 27 heavy (non-hydrogen) atoms. The smallest absolute Gasteiger partial charge is 0.194 e. The second-order valence-electron chi connectivity index (χ2n) is 6.89. The molecule has 0 aromatic heterocycles. The first kappa shape index (κ1) is 17.4. The Morgan fingerprint density at radius 3 is 2.59 bits per heavy atom. The number of benzene rings is 2. The molecule has 0 spiro atoms. The Hall–Kier alpha value is -2.99. The van der Waals surface area contributed by atoms with E-state index < -0.39 is 0 Å². The third kappa shape index (κ3) is 3.61. The SMILES string of the molecule is CN1CC2=C(NC(N)=NC2c2cccc(F)c2)/C(=C/c2cccc(F)c2)C1. The van der Waals surface area contributed by atoms with Gasteiger partial charge >= 0.3 is 0 Å². The van der Waals surface area contributed by atoms with Crippen molar-refractivity contribution in [2.24, 2.45) is 10.7 Å². The highest BCUT2D eigenvalue weighted by atomic mass is 19.1. The maximum absolute atomic E-state index is 13.8. The minimum atomic E-state index is -0.351. The molecule has 3 N–H and O–H groups in total. The Bertz CT molecular complexity index is 978. The Morgan fingerprint density at radius 2 is 1.85 bits per heavy atom. The maximum atomic E-state index is 13.8. The van der Waals surface area contributed by atoms with Crippen LogP contribution in [-0.2, 0) is 0 Å². The van der Waals surface area contributed by atoms with E-state index in [1.807, 2.05) is 25.3 Å². The second-order valence-corrected chi connectivity index (χ2v) is 6.89. The largest absolute Gasteiger partial charge is 0.370 e. The summed E-state index contributed by atoms with van der Waals surface area (Å²) in [4.78, 5) is 6.66. The zero-order chi connectivity index (χ0) is 19.0. The van der Waals surface area contributed by atoms with E-state index >= 15 is 0 Å². The summed E-state index contributed by atoms with van der Waals surface area (Å²) in [5, 5.41) is 3.16. The maximum Gasteiger partial charge on any atom is 0.194 e. The van der Waals surface area contributed by atoms with Crippen molar-refractivity contribution in [3.05, 3.63) is 88.1 Å². The van der Waals surface area contributed by atoms with Crippen LogP contribution in [0.15, 0.2) is 70.4 Å². The summed E-state index contributed by atoms with van der Waals surface area (Å²) in [7, 11) is 2.01. The van der Waals surface area contributed by atoms with Crippen molar-refractivity contribution in [3.8, 4) is 0 Å². The number of rotatable bonds is 2. The van der Waals surface area contributed by atoms with Gasteiger partial charge in [0.1, 0.15) is 17.7 Å². The van der Waals surface area contributed by atoms with E-state index in [2.05, 4.69) is 15.2 Å². The van der Waals surface area contributed by atoms with Crippen molar-refractivity contribution >= 4 is 12.0 Å². The summed E-state index contributed by atoms with van der Waals surface area (Å²) in [5.41, 5.74) is 10.5. The van der Waals surface area contributed by atoms with Crippen molar-refractivity contribution in [2.75, 3.05) is 20.1 Å². The predicted molar refractivity (Wildman–Crippen MR) is 103 cm³/mol. The zero-order valence-electron chi connectivity index (χ0n) is 14.9. The fraction of sp³-hybridized carbons (Fsp3) is 0.190. The molecule has 138 valence electrons. The Balaban J connectivity index is 1.81. The van der Waals surface area contributed by atoms with Gasteiger partial charge in [-0.3, -0.25) is 4.90 Å². The number of guanidine groups is 1. The highest BCUT2D eigenvalue weighted by molar-refractivity contribution is 5.84. The van der Waals surface area contributed by atoms with Crippen LogP contribution in [0.4, 0.5) is 8.78 Å². The summed E-state index contributed by atoms with van der Waals surface area (Å²) in [6.07, 6.45) is 1.95. The van der Waals surface area contributed by atoms with E-state index in [9.17, 15) is 8.78 Å². The molecule has 0 radical (unpaired) electrons. The number of nitrogens with two attached hydrogens (primary N) is 1. The molecule has 2 aliphatic heterocycles. The van der Waals surface area contributed by atoms with Crippen LogP contribution in [0.2, 0.25) is 0 Å². The average molecular weight is 366 g/mol. The molecule has 4 nitrogen and oxygen atoms in total. The summed E-state index contributed by atoms with van der Waals surface area (Å²) in [6.45, 7) is 1.37. The van der Waals surface area contributed by atoms with Gasteiger partial charge in [-0.15, -0.1) is 0 Å². The van der Waals surface area contributed by atoms with Gasteiger partial charge in [-0.25, -0.2) is 13.8 Å². The summed E-state index contributed by atoms with van der Waals surface area (Å²) in [6, 6.07) is 12.5. The van der Waals surface area contributed by atoms with Crippen molar-refractivity contribution in [3.63, 3.8) is 0 Å². The lowest BCUT2D eigenvalue weighted by Crippen LogP contribution is -2.43.